The van der Waals surface area contributed by atoms with Crippen molar-refractivity contribution in [3.8, 4) is 5.75 Å². The highest BCUT2D eigenvalue weighted by Gasteiger charge is 2.29. The molecule has 2 aromatic rings. The molecule has 4 nitrogen and oxygen atoms in total. The molecule has 1 saturated carbocycles. The summed E-state index contributed by atoms with van der Waals surface area (Å²) in [5.74, 6) is 1.43. The van der Waals surface area contributed by atoms with Crippen LogP contribution in [0.3, 0.4) is 0 Å². The van der Waals surface area contributed by atoms with E-state index in [2.05, 4.69) is 18.2 Å². The maximum Gasteiger partial charge on any atom is 0.343 e. The molecule has 1 N–H and O–H groups in total. The lowest BCUT2D eigenvalue weighted by molar-refractivity contribution is 0.161. The summed E-state index contributed by atoms with van der Waals surface area (Å²) in [5.41, 5.74) is 3.24. The van der Waals surface area contributed by atoms with Crippen molar-refractivity contribution in [1.29, 1.82) is 0 Å². The fraction of sp³-hybridized carbons (Fsp3) is 0.522. The molecule has 0 amide bonds. The standard InChI is InChI=1S/C23H28O4/c1-26-14-17-8-3-2-4-10-19-21(24)20(23(25)27-22(17)19)13-16-7-5-6-9-18(16)15-11-12-15/h5-7,9,15,17,24H,2-4,8,10-14H2,1H3. The molecule has 4 heteroatoms. The third-order valence-corrected chi connectivity index (χ3v) is 5.98. The van der Waals surface area contributed by atoms with E-state index in [4.69, 9.17) is 9.15 Å². The molecule has 0 radical (unpaired) electrons. The number of benzene rings is 1. The van der Waals surface area contributed by atoms with E-state index in [9.17, 15) is 9.90 Å². The van der Waals surface area contributed by atoms with Crippen LogP contribution in [0.15, 0.2) is 33.5 Å². The predicted molar refractivity (Wildman–Crippen MR) is 105 cm³/mol. The molecule has 0 saturated heterocycles. The maximum absolute atomic E-state index is 12.8. The second-order valence-corrected chi connectivity index (χ2v) is 7.96. The lowest BCUT2D eigenvalue weighted by Crippen LogP contribution is -2.18. The van der Waals surface area contributed by atoms with Crippen LogP contribution in [0.1, 0.15) is 78.4 Å². The minimum absolute atomic E-state index is 0.0386. The molecule has 1 aromatic carbocycles. The highest BCUT2D eigenvalue weighted by Crippen LogP contribution is 2.42. The lowest BCUT2D eigenvalue weighted by atomic mass is 9.88. The van der Waals surface area contributed by atoms with Crippen molar-refractivity contribution in [3.05, 3.63) is 62.7 Å². The first-order valence-electron chi connectivity index (χ1n) is 10.1. The summed E-state index contributed by atoms with van der Waals surface area (Å²) in [7, 11) is 1.67. The summed E-state index contributed by atoms with van der Waals surface area (Å²) in [6.07, 6.45) is 7.75. The Morgan fingerprint density at radius 2 is 1.96 bits per heavy atom. The molecular weight excluding hydrogens is 340 g/mol. The van der Waals surface area contributed by atoms with Crippen LogP contribution in [-0.4, -0.2) is 18.8 Å². The molecule has 1 fully saturated rings. The van der Waals surface area contributed by atoms with Crippen LogP contribution in [-0.2, 0) is 17.6 Å². The van der Waals surface area contributed by atoms with Crippen LogP contribution >= 0.6 is 0 Å². The van der Waals surface area contributed by atoms with Gasteiger partial charge in [0.25, 0.3) is 0 Å². The Balaban J connectivity index is 1.74. The molecule has 0 spiro atoms. The SMILES string of the molecule is COCC1CCCCCc2c1oc(=O)c(Cc1ccccc1C1CC1)c2O. The quantitative estimate of drug-likeness (QED) is 0.834. The highest BCUT2D eigenvalue weighted by molar-refractivity contribution is 5.46. The summed E-state index contributed by atoms with van der Waals surface area (Å²) in [6.45, 7) is 0.513. The molecule has 0 aliphatic heterocycles. The summed E-state index contributed by atoms with van der Waals surface area (Å²) in [5, 5.41) is 11.0. The molecule has 1 atom stereocenters. The summed E-state index contributed by atoms with van der Waals surface area (Å²) >= 11 is 0. The number of fused-ring (bicyclic) bond motifs is 1. The summed E-state index contributed by atoms with van der Waals surface area (Å²) < 4.78 is 11.2. The lowest BCUT2D eigenvalue weighted by Gasteiger charge is -2.22. The summed E-state index contributed by atoms with van der Waals surface area (Å²) in [4.78, 5) is 12.8. The normalized spacial score (nSPS) is 20.0. The van der Waals surface area contributed by atoms with Crippen molar-refractivity contribution < 1.29 is 14.3 Å². The average Bonchev–Trinajstić information content (AvgIpc) is 3.49. The van der Waals surface area contributed by atoms with E-state index in [-0.39, 0.29) is 11.7 Å². The van der Waals surface area contributed by atoms with Gasteiger partial charge in [-0.1, -0.05) is 37.1 Å². The van der Waals surface area contributed by atoms with Crippen LogP contribution in [0.25, 0.3) is 0 Å². The first kappa shape index (κ1) is 18.3. The van der Waals surface area contributed by atoms with Gasteiger partial charge in [-0.25, -0.2) is 4.79 Å². The minimum Gasteiger partial charge on any atom is -0.507 e. The number of hydrogen-bond acceptors (Lipinski definition) is 4. The first-order valence-corrected chi connectivity index (χ1v) is 10.1. The Bertz CT molecular complexity index is 863. The van der Waals surface area contributed by atoms with Gasteiger partial charge in [0, 0.05) is 25.0 Å². The second kappa shape index (κ2) is 7.89. The molecule has 2 aliphatic rings. The topological polar surface area (TPSA) is 59.7 Å². The Morgan fingerprint density at radius 3 is 2.74 bits per heavy atom. The Labute approximate surface area is 160 Å². The smallest absolute Gasteiger partial charge is 0.343 e. The van der Waals surface area contributed by atoms with Gasteiger partial charge in [0.15, 0.2) is 0 Å². The molecule has 27 heavy (non-hydrogen) atoms. The molecule has 0 bridgehead atoms. The maximum atomic E-state index is 12.8. The van der Waals surface area contributed by atoms with Gasteiger partial charge in [-0.05, 0) is 49.1 Å². The van der Waals surface area contributed by atoms with Crippen LogP contribution in [0, 0.1) is 0 Å². The van der Waals surface area contributed by atoms with Crippen molar-refractivity contribution in [3.63, 3.8) is 0 Å². The largest absolute Gasteiger partial charge is 0.507 e. The van der Waals surface area contributed by atoms with Crippen LogP contribution in [0.4, 0.5) is 0 Å². The Hall–Kier alpha value is -2.07. The number of methoxy groups -OCH3 is 1. The monoisotopic (exact) mass is 368 g/mol. The Kier molecular flexibility index (Phi) is 5.35. The van der Waals surface area contributed by atoms with E-state index < -0.39 is 5.63 Å². The van der Waals surface area contributed by atoms with E-state index in [1.807, 2.05) is 6.07 Å². The van der Waals surface area contributed by atoms with Gasteiger partial charge in [0.05, 0.1) is 12.2 Å². The van der Waals surface area contributed by atoms with Crippen molar-refractivity contribution in [2.45, 2.75) is 63.2 Å². The summed E-state index contributed by atoms with van der Waals surface area (Å²) in [6, 6.07) is 8.27. The van der Waals surface area contributed by atoms with Crippen LogP contribution < -0.4 is 5.63 Å². The highest BCUT2D eigenvalue weighted by atomic mass is 16.5. The van der Waals surface area contributed by atoms with Gasteiger partial charge in [-0.3, -0.25) is 0 Å². The van der Waals surface area contributed by atoms with E-state index in [0.717, 1.165) is 43.2 Å². The third kappa shape index (κ3) is 3.81. The zero-order valence-corrected chi connectivity index (χ0v) is 16.0. The van der Waals surface area contributed by atoms with Crippen LogP contribution in [0.2, 0.25) is 0 Å². The third-order valence-electron chi connectivity index (χ3n) is 5.98. The van der Waals surface area contributed by atoms with Gasteiger partial charge >= 0.3 is 5.63 Å². The number of hydrogen-bond donors (Lipinski definition) is 1. The number of ether oxygens (including phenoxy) is 1. The van der Waals surface area contributed by atoms with E-state index in [1.165, 1.54) is 18.4 Å². The molecule has 1 heterocycles. The molecule has 144 valence electrons. The van der Waals surface area contributed by atoms with Crippen molar-refractivity contribution >= 4 is 0 Å². The molecular formula is C23H28O4. The number of aromatic hydroxyl groups is 1. The van der Waals surface area contributed by atoms with Gasteiger partial charge in [0.2, 0.25) is 0 Å². The van der Waals surface area contributed by atoms with E-state index in [1.54, 1.807) is 7.11 Å². The van der Waals surface area contributed by atoms with Crippen LogP contribution in [0.5, 0.6) is 5.75 Å². The second-order valence-electron chi connectivity index (χ2n) is 7.96. The van der Waals surface area contributed by atoms with Gasteiger partial charge in [0.1, 0.15) is 11.5 Å². The van der Waals surface area contributed by atoms with E-state index in [0.29, 0.717) is 30.3 Å². The van der Waals surface area contributed by atoms with E-state index >= 15 is 0 Å². The zero-order valence-electron chi connectivity index (χ0n) is 16.0. The fourth-order valence-corrected chi connectivity index (χ4v) is 4.38. The molecule has 1 unspecified atom stereocenters. The zero-order chi connectivity index (χ0) is 18.8. The minimum atomic E-state index is -0.404. The molecule has 4 rings (SSSR count). The Morgan fingerprint density at radius 1 is 1.15 bits per heavy atom. The van der Waals surface area contributed by atoms with Gasteiger partial charge < -0.3 is 14.3 Å². The number of rotatable bonds is 5. The average molecular weight is 368 g/mol. The molecule has 2 aliphatic carbocycles. The molecule has 1 aromatic heterocycles. The fourth-order valence-electron chi connectivity index (χ4n) is 4.38. The van der Waals surface area contributed by atoms with Gasteiger partial charge in [-0.15, -0.1) is 0 Å². The van der Waals surface area contributed by atoms with Gasteiger partial charge in [-0.2, -0.15) is 0 Å². The van der Waals surface area contributed by atoms with Crippen molar-refractivity contribution in [1.82, 2.24) is 0 Å². The first-order chi connectivity index (χ1) is 13.2. The predicted octanol–water partition coefficient (Wildman–Crippen LogP) is 4.66. The van der Waals surface area contributed by atoms with Crippen molar-refractivity contribution in [2.24, 2.45) is 0 Å². The van der Waals surface area contributed by atoms with Crippen molar-refractivity contribution in [2.75, 3.05) is 13.7 Å².